The van der Waals surface area contributed by atoms with E-state index in [9.17, 15) is 4.79 Å². The Morgan fingerprint density at radius 3 is 2.58 bits per heavy atom. The molecule has 1 atom stereocenters. The lowest BCUT2D eigenvalue weighted by Gasteiger charge is -2.40. The van der Waals surface area contributed by atoms with E-state index in [1.54, 1.807) is 7.11 Å². The molecule has 19 heavy (non-hydrogen) atoms. The van der Waals surface area contributed by atoms with Crippen LogP contribution in [0.15, 0.2) is 24.3 Å². The van der Waals surface area contributed by atoms with Gasteiger partial charge in [0.25, 0.3) is 0 Å². The fourth-order valence-corrected chi connectivity index (χ4v) is 2.48. The van der Waals surface area contributed by atoms with Crippen LogP contribution in [-0.4, -0.2) is 33.4 Å². The fourth-order valence-electron chi connectivity index (χ4n) is 2.48. The summed E-state index contributed by atoms with van der Waals surface area (Å²) in [5.41, 5.74) is 0.921. The molecular weight excluding hydrogens is 244 g/mol. The van der Waals surface area contributed by atoms with Crippen molar-refractivity contribution in [3.63, 3.8) is 0 Å². The Morgan fingerprint density at radius 1 is 1.37 bits per heavy atom. The molecule has 0 N–H and O–H groups in total. The van der Waals surface area contributed by atoms with E-state index in [-0.39, 0.29) is 17.3 Å². The lowest BCUT2D eigenvalue weighted by molar-refractivity contribution is -0.148. The summed E-state index contributed by atoms with van der Waals surface area (Å²) in [4.78, 5) is 12.1. The summed E-state index contributed by atoms with van der Waals surface area (Å²) in [5, 5.41) is 0. The number of benzene rings is 1. The minimum Gasteiger partial charge on any atom is -0.496 e. The van der Waals surface area contributed by atoms with Crippen LogP contribution in [0.1, 0.15) is 24.8 Å². The van der Waals surface area contributed by atoms with Gasteiger partial charge in [-0.05, 0) is 12.5 Å². The number of carbonyl (C=O) groups excluding carboxylic acids is 1. The first-order chi connectivity index (χ1) is 9.09. The van der Waals surface area contributed by atoms with Crippen molar-refractivity contribution in [3.05, 3.63) is 29.8 Å². The zero-order chi connectivity index (χ0) is 13.9. The summed E-state index contributed by atoms with van der Waals surface area (Å²) in [5.74, 6) is 0.189. The fraction of sp³-hybridized carbons (Fsp3) is 0.533. The predicted octanol–water partition coefficient (Wildman–Crippen LogP) is 2.38. The molecule has 4 nitrogen and oxygen atoms in total. The van der Waals surface area contributed by atoms with Crippen LogP contribution in [0.25, 0.3) is 0 Å². The van der Waals surface area contributed by atoms with Gasteiger partial charge in [0.2, 0.25) is 0 Å². The number of ether oxygens (including phenoxy) is 3. The van der Waals surface area contributed by atoms with Crippen LogP contribution in [0, 0.1) is 5.41 Å². The van der Waals surface area contributed by atoms with Gasteiger partial charge in [-0.25, -0.2) is 0 Å². The topological polar surface area (TPSA) is 44.8 Å². The molecule has 1 unspecified atom stereocenters. The SMILES string of the molecule is COC(=O)C(CC1(C)COC1)c1ccccc1OC. The Labute approximate surface area is 113 Å². The third kappa shape index (κ3) is 2.89. The first-order valence-electron chi connectivity index (χ1n) is 6.38. The number of hydrogen-bond donors (Lipinski definition) is 0. The smallest absolute Gasteiger partial charge is 0.313 e. The standard InChI is InChI=1S/C15H20O4/c1-15(9-19-10-15)8-12(14(16)18-3)11-6-4-5-7-13(11)17-2/h4-7,12H,8-10H2,1-3H3. The van der Waals surface area contributed by atoms with Gasteiger partial charge in [0, 0.05) is 11.0 Å². The molecule has 0 bridgehead atoms. The van der Waals surface area contributed by atoms with Crippen molar-refractivity contribution in [2.75, 3.05) is 27.4 Å². The molecule has 1 aliphatic rings. The molecule has 0 spiro atoms. The zero-order valence-corrected chi connectivity index (χ0v) is 11.6. The summed E-state index contributed by atoms with van der Waals surface area (Å²) >= 11 is 0. The van der Waals surface area contributed by atoms with Crippen molar-refractivity contribution in [1.29, 1.82) is 0 Å². The number of esters is 1. The molecule has 0 saturated carbocycles. The van der Waals surface area contributed by atoms with E-state index in [0.717, 1.165) is 11.3 Å². The molecule has 1 aromatic carbocycles. The minimum atomic E-state index is -0.310. The van der Waals surface area contributed by atoms with E-state index >= 15 is 0 Å². The van der Waals surface area contributed by atoms with Gasteiger partial charge in [-0.2, -0.15) is 0 Å². The second-order valence-corrected chi connectivity index (χ2v) is 5.33. The third-order valence-corrected chi connectivity index (χ3v) is 3.60. The molecule has 2 rings (SSSR count). The van der Waals surface area contributed by atoms with Crippen molar-refractivity contribution in [2.45, 2.75) is 19.3 Å². The molecule has 4 heteroatoms. The summed E-state index contributed by atoms with van der Waals surface area (Å²) in [7, 11) is 3.03. The number of methoxy groups -OCH3 is 2. The highest BCUT2D eigenvalue weighted by atomic mass is 16.5. The monoisotopic (exact) mass is 264 g/mol. The molecule has 0 aliphatic carbocycles. The number of carbonyl (C=O) groups is 1. The zero-order valence-electron chi connectivity index (χ0n) is 11.6. The van der Waals surface area contributed by atoms with Crippen LogP contribution in [0.3, 0.4) is 0 Å². The van der Waals surface area contributed by atoms with E-state index in [1.165, 1.54) is 7.11 Å². The molecule has 0 aromatic heterocycles. The first kappa shape index (κ1) is 13.9. The maximum absolute atomic E-state index is 12.1. The Balaban J connectivity index is 2.28. The van der Waals surface area contributed by atoms with Crippen molar-refractivity contribution < 1.29 is 19.0 Å². The van der Waals surface area contributed by atoms with E-state index in [4.69, 9.17) is 14.2 Å². The van der Waals surface area contributed by atoms with Crippen LogP contribution in [0.4, 0.5) is 0 Å². The van der Waals surface area contributed by atoms with Gasteiger partial charge in [-0.3, -0.25) is 4.79 Å². The van der Waals surface area contributed by atoms with Crippen LogP contribution in [0.2, 0.25) is 0 Å². The lowest BCUT2D eigenvalue weighted by Crippen LogP contribution is -2.42. The van der Waals surface area contributed by atoms with Gasteiger partial charge in [0.15, 0.2) is 0 Å². The summed E-state index contributed by atoms with van der Waals surface area (Å²) in [6.07, 6.45) is 0.708. The molecule has 104 valence electrons. The largest absolute Gasteiger partial charge is 0.496 e. The molecule has 0 radical (unpaired) electrons. The highest BCUT2D eigenvalue weighted by Crippen LogP contribution is 2.40. The van der Waals surface area contributed by atoms with Crippen molar-refractivity contribution >= 4 is 5.97 Å². The van der Waals surface area contributed by atoms with Crippen molar-refractivity contribution in [2.24, 2.45) is 5.41 Å². The van der Waals surface area contributed by atoms with Crippen LogP contribution >= 0.6 is 0 Å². The van der Waals surface area contributed by atoms with Gasteiger partial charge in [-0.1, -0.05) is 25.1 Å². The van der Waals surface area contributed by atoms with Gasteiger partial charge in [-0.15, -0.1) is 0 Å². The molecule has 1 heterocycles. The molecule has 0 amide bonds. The molecular formula is C15H20O4. The van der Waals surface area contributed by atoms with E-state index in [0.29, 0.717) is 19.6 Å². The van der Waals surface area contributed by atoms with E-state index in [2.05, 4.69) is 6.92 Å². The maximum Gasteiger partial charge on any atom is 0.313 e. The summed E-state index contributed by atoms with van der Waals surface area (Å²) < 4.78 is 15.6. The Kier molecular flexibility index (Phi) is 4.10. The second-order valence-electron chi connectivity index (χ2n) is 5.33. The lowest BCUT2D eigenvalue weighted by atomic mass is 9.77. The number of rotatable bonds is 5. The second kappa shape index (κ2) is 5.61. The minimum absolute atomic E-state index is 0.0414. The van der Waals surface area contributed by atoms with Crippen LogP contribution in [-0.2, 0) is 14.3 Å². The molecule has 1 aromatic rings. The molecule has 1 aliphatic heterocycles. The normalized spacial score (nSPS) is 18.3. The highest BCUT2D eigenvalue weighted by molar-refractivity contribution is 5.79. The summed E-state index contributed by atoms with van der Waals surface area (Å²) in [6.45, 7) is 3.51. The number of para-hydroxylation sites is 1. The van der Waals surface area contributed by atoms with Crippen molar-refractivity contribution in [1.82, 2.24) is 0 Å². The predicted molar refractivity (Wildman–Crippen MR) is 71.3 cm³/mol. The quantitative estimate of drug-likeness (QED) is 0.766. The van der Waals surface area contributed by atoms with Crippen LogP contribution in [0.5, 0.6) is 5.75 Å². The third-order valence-electron chi connectivity index (χ3n) is 3.60. The Bertz CT molecular complexity index is 451. The number of hydrogen-bond acceptors (Lipinski definition) is 4. The van der Waals surface area contributed by atoms with Gasteiger partial charge >= 0.3 is 5.97 Å². The first-order valence-corrected chi connectivity index (χ1v) is 6.38. The highest BCUT2D eigenvalue weighted by Gasteiger charge is 2.39. The Hall–Kier alpha value is -1.55. The molecule has 1 saturated heterocycles. The maximum atomic E-state index is 12.1. The average molecular weight is 264 g/mol. The van der Waals surface area contributed by atoms with Gasteiger partial charge in [0.05, 0.1) is 33.4 Å². The van der Waals surface area contributed by atoms with Gasteiger partial charge in [0.1, 0.15) is 5.75 Å². The van der Waals surface area contributed by atoms with Crippen LogP contribution < -0.4 is 4.74 Å². The van der Waals surface area contributed by atoms with Crippen molar-refractivity contribution in [3.8, 4) is 5.75 Å². The molecule has 1 fully saturated rings. The Morgan fingerprint density at radius 2 is 2.05 bits per heavy atom. The van der Waals surface area contributed by atoms with E-state index < -0.39 is 0 Å². The average Bonchev–Trinajstić information content (AvgIpc) is 2.42. The summed E-state index contributed by atoms with van der Waals surface area (Å²) in [6, 6.07) is 7.59. The van der Waals surface area contributed by atoms with Gasteiger partial charge < -0.3 is 14.2 Å². The van der Waals surface area contributed by atoms with E-state index in [1.807, 2.05) is 24.3 Å².